The second kappa shape index (κ2) is 19.8. The summed E-state index contributed by atoms with van der Waals surface area (Å²) in [6.07, 6.45) is 3.78. The monoisotopic (exact) mass is 1190 g/mol. The van der Waals surface area contributed by atoms with Crippen molar-refractivity contribution in [2.45, 2.75) is 24.7 Å². The van der Waals surface area contributed by atoms with Crippen LogP contribution in [-0.2, 0) is 10.8 Å². The van der Waals surface area contributed by atoms with Gasteiger partial charge in [0.15, 0.2) is 5.82 Å². The van der Waals surface area contributed by atoms with E-state index in [2.05, 4.69) is 293 Å². The molecule has 0 amide bonds. The molecule has 0 atom stereocenters. The molecule has 0 saturated heterocycles. The van der Waals surface area contributed by atoms with Gasteiger partial charge in [0.25, 0.3) is 0 Å². The maximum absolute atomic E-state index is 5.91. The predicted molar refractivity (Wildman–Crippen MR) is 385 cm³/mol. The summed E-state index contributed by atoms with van der Waals surface area (Å²) in [5, 5.41) is 3.19. The molecule has 2 spiro atoms. The Kier molecular flexibility index (Phi) is 11.1. The highest BCUT2D eigenvalue weighted by Crippen LogP contribution is 2.65. The highest BCUT2D eigenvalue weighted by molar-refractivity contribution is 6.07. The molecule has 4 heteroatoms. The molecule has 4 aliphatic carbocycles. The van der Waals surface area contributed by atoms with Crippen molar-refractivity contribution in [3.05, 3.63) is 359 Å². The molecule has 436 valence electrons. The lowest BCUT2D eigenvalue weighted by atomic mass is 9.70. The van der Waals surface area contributed by atoms with E-state index in [1.807, 2.05) is 24.5 Å². The molecular formula is C90H56N4. The summed E-state index contributed by atoms with van der Waals surface area (Å²) in [5.74, 6) is 0.654. The summed E-state index contributed by atoms with van der Waals surface area (Å²) in [7, 11) is 0. The summed E-state index contributed by atoms with van der Waals surface area (Å²) in [6.45, 7) is 4.42. The van der Waals surface area contributed by atoms with E-state index in [0.717, 1.165) is 105 Å². The van der Waals surface area contributed by atoms with Gasteiger partial charge in [0.05, 0.1) is 33.1 Å². The number of hydrogen-bond donors (Lipinski definition) is 0. The van der Waals surface area contributed by atoms with Crippen molar-refractivity contribution < 1.29 is 0 Å². The van der Waals surface area contributed by atoms with Gasteiger partial charge < -0.3 is 0 Å². The fourth-order valence-corrected chi connectivity index (χ4v) is 17.4. The van der Waals surface area contributed by atoms with Crippen LogP contribution in [0.1, 0.15) is 55.6 Å². The maximum Gasteiger partial charge on any atom is 0.160 e. The Balaban J connectivity index is 0.872. The van der Waals surface area contributed by atoms with Gasteiger partial charge in [0.1, 0.15) is 0 Å². The zero-order valence-corrected chi connectivity index (χ0v) is 51.7. The molecule has 0 saturated carbocycles. The van der Waals surface area contributed by atoms with Gasteiger partial charge in [0.2, 0.25) is 0 Å². The van der Waals surface area contributed by atoms with E-state index in [9.17, 15) is 0 Å². The number of pyridine rings is 2. The summed E-state index contributed by atoms with van der Waals surface area (Å²) in [5.41, 5.74) is 36.2. The van der Waals surface area contributed by atoms with Gasteiger partial charge in [0, 0.05) is 56.4 Å². The third-order valence-corrected chi connectivity index (χ3v) is 21.3. The Bertz CT molecular complexity index is 5850. The van der Waals surface area contributed by atoms with Crippen molar-refractivity contribution in [2.24, 2.45) is 0 Å². The van der Waals surface area contributed by atoms with Crippen LogP contribution in [0.5, 0.6) is 0 Å². The maximum atomic E-state index is 5.91. The minimum absolute atomic E-state index is 0.522. The normalized spacial score (nSPS) is 13.6. The van der Waals surface area contributed by atoms with Gasteiger partial charge in [-0.05, 0) is 190 Å². The highest BCUT2D eigenvalue weighted by atomic mass is 14.9. The summed E-state index contributed by atoms with van der Waals surface area (Å²) >= 11 is 0. The lowest BCUT2D eigenvalue weighted by molar-refractivity contribution is 0.794. The molecule has 16 aromatic rings. The van der Waals surface area contributed by atoms with Gasteiger partial charge in [-0.1, -0.05) is 243 Å². The first-order chi connectivity index (χ1) is 46.4. The minimum atomic E-state index is -0.553. The van der Waals surface area contributed by atoms with E-state index in [4.69, 9.17) is 19.9 Å². The van der Waals surface area contributed by atoms with Crippen LogP contribution in [0.15, 0.2) is 304 Å². The van der Waals surface area contributed by atoms with Crippen LogP contribution in [0, 0.1) is 13.8 Å². The van der Waals surface area contributed by atoms with Crippen LogP contribution >= 0.6 is 0 Å². The highest BCUT2D eigenvalue weighted by Gasteiger charge is 2.53. The van der Waals surface area contributed by atoms with Crippen LogP contribution in [0.3, 0.4) is 0 Å². The molecule has 13 aromatic carbocycles. The fourth-order valence-electron chi connectivity index (χ4n) is 17.4. The third kappa shape index (κ3) is 7.17. The molecule has 0 unspecified atom stereocenters. The number of nitrogens with zero attached hydrogens (tertiary/aromatic N) is 4. The molecular weight excluding hydrogens is 1140 g/mol. The topological polar surface area (TPSA) is 51.6 Å². The largest absolute Gasteiger partial charge is 0.256 e. The van der Waals surface area contributed by atoms with Gasteiger partial charge in [-0.15, -0.1) is 0 Å². The van der Waals surface area contributed by atoms with Crippen molar-refractivity contribution in [3.8, 4) is 112 Å². The molecule has 3 aromatic heterocycles. The van der Waals surface area contributed by atoms with Crippen LogP contribution in [0.2, 0.25) is 0 Å². The summed E-state index contributed by atoms with van der Waals surface area (Å²) < 4.78 is 0. The van der Waals surface area contributed by atoms with Crippen molar-refractivity contribution in [3.63, 3.8) is 0 Å². The van der Waals surface area contributed by atoms with Crippen LogP contribution in [0.25, 0.3) is 144 Å². The third-order valence-electron chi connectivity index (χ3n) is 21.3. The number of rotatable bonds is 6. The Morgan fingerprint density at radius 2 is 0.606 bits per heavy atom. The zero-order valence-electron chi connectivity index (χ0n) is 51.7. The van der Waals surface area contributed by atoms with Gasteiger partial charge in [-0.25, -0.2) is 9.97 Å². The van der Waals surface area contributed by atoms with Crippen molar-refractivity contribution >= 4 is 32.7 Å². The Morgan fingerprint density at radius 3 is 1.07 bits per heavy atom. The SMILES string of the molecule is Cc1cc(-c2nc(-c3ccc(-c4cccc5cccnc45)c(C)c3)c3cc(-c4ccc5c(c4)C4(c6ccccc6-c6ccccc64)c4ccccc4-5)cc(-c4ccc5c(c4)C4(c6ccccc6-c6ccccc64)c4ccccc4-5)c3n2)ccc1-c1cccc2cccnc12. The van der Waals surface area contributed by atoms with Crippen LogP contribution < -0.4 is 0 Å². The Morgan fingerprint density at radius 1 is 0.234 bits per heavy atom. The predicted octanol–water partition coefficient (Wildman–Crippen LogP) is 22.0. The van der Waals surface area contributed by atoms with E-state index < -0.39 is 10.8 Å². The first-order valence-corrected chi connectivity index (χ1v) is 32.6. The van der Waals surface area contributed by atoms with Crippen molar-refractivity contribution in [1.82, 2.24) is 19.9 Å². The average molecular weight is 1190 g/mol. The van der Waals surface area contributed by atoms with Gasteiger partial charge >= 0.3 is 0 Å². The Hall–Kier alpha value is -12.0. The first-order valence-electron chi connectivity index (χ1n) is 32.6. The quantitative estimate of drug-likeness (QED) is 0.166. The first kappa shape index (κ1) is 52.8. The lowest BCUT2D eigenvalue weighted by Crippen LogP contribution is -2.25. The number of para-hydroxylation sites is 2. The second-order valence-electron chi connectivity index (χ2n) is 25.9. The lowest BCUT2D eigenvalue weighted by Gasteiger charge is -2.31. The molecule has 4 nitrogen and oxygen atoms in total. The Labute approximate surface area is 544 Å². The second-order valence-corrected chi connectivity index (χ2v) is 25.9. The standard InChI is InChI=1S/C90H56N4/c1-53-47-59(39-41-62(53)72-29-15-19-55-21-17-45-91-84(55)72)86-75-50-61(57-37-43-70-68-27-7-13-35-80(68)89(82(70)51-57)76-31-9-3-23-64(76)65-24-4-10-32-77(65)89)49-74(87(75)94-88(93-86)60-40-42-63(54(2)48-60)73-30-16-20-56-22-18-46-92-85(56)73)58-38-44-71-69-28-8-14-36-81(69)90(83(71)52-58)78-33-11-5-25-66(78)67-26-6-12-34-79(67)90/h3-52H,1-2H3. The van der Waals surface area contributed by atoms with Crippen LogP contribution in [-0.4, -0.2) is 19.9 Å². The molecule has 3 heterocycles. The van der Waals surface area contributed by atoms with E-state index >= 15 is 0 Å². The number of aryl methyl sites for hydroxylation is 2. The molecule has 0 fully saturated rings. The van der Waals surface area contributed by atoms with E-state index in [1.165, 1.54) is 89.0 Å². The molecule has 0 bridgehead atoms. The van der Waals surface area contributed by atoms with Gasteiger partial charge in [-0.2, -0.15) is 0 Å². The minimum Gasteiger partial charge on any atom is -0.256 e. The average Bonchev–Trinajstić information content (AvgIpc) is 1.52. The molecule has 0 radical (unpaired) electrons. The van der Waals surface area contributed by atoms with Gasteiger partial charge in [-0.3, -0.25) is 9.97 Å². The molecule has 4 aliphatic rings. The van der Waals surface area contributed by atoms with Crippen molar-refractivity contribution in [1.29, 1.82) is 0 Å². The summed E-state index contributed by atoms with van der Waals surface area (Å²) in [6, 6.07) is 109. The van der Waals surface area contributed by atoms with Crippen molar-refractivity contribution in [2.75, 3.05) is 0 Å². The molecule has 0 N–H and O–H groups in total. The zero-order chi connectivity index (χ0) is 62.0. The summed E-state index contributed by atoms with van der Waals surface area (Å²) in [4.78, 5) is 21.6. The van der Waals surface area contributed by atoms with E-state index in [1.54, 1.807) is 0 Å². The number of fused-ring (bicyclic) bond motifs is 23. The molecule has 94 heavy (non-hydrogen) atoms. The number of benzene rings is 13. The molecule has 0 aliphatic heterocycles. The fraction of sp³-hybridized carbons (Fsp3) is 0.0444. The van der Waals surface area contributed by atoms with E-state index in [0.29, 0.717) is 5.82 Å². The number of hydrogen-bond acceptors (Lipinski definition) is 4. The van der Waals surface area contributed by atoms with E-state index in [-0.39, 0.29) is 0 Å². The van der Waals surface area contributed by atoms with Crippen LogP contribution in [0.4, 0.5) is 0 Å². The molecule has 20 rings (SSSR count). The smallest absolute Gasteiger partial charge is 0.160 e. The number of aromatic nitrogens is 4.